The first-order chi connectivity index (χ1) is 18.9. The summed E-state index contributed by atoms with van der Waals surface area (Å²) in [6, 6.07) is 10.5. The maximum Gasteiger partial charge on any atom is 0.339 e. The lowest BCUT2D eigenvalue weighted by Gasteiger charge is -2.34. The summed E-state index contributed by atoms with van der Waals surface area (Å²) in [5.41, 5.74) is 8.20. The zero-order valence-corrected chi connectivity index (χ0v) is 22.8. The van der Waals surface area contributed by atoms with Crippen LogP contribution in [0.3, 0.4) is 0 Å². The molecule has 2 N–H and O–H groups in total. The average molecular weight is 526 g/mol. The molecule has 0 unspecified atom stereocenters. The Labute approximate surface area is 229 Å². The second-order valence-corrected chi connectivity index (χ2v) is 10.1. The number of hydrogen-bond donors (Lipinski definition) is 2. The van der Waals surface area contributed by atoms with Crippen molar-refractivity contribution < 1.29 is 14.3 Å². The quantitative estimate of drug-likeness (QED) is 0.337. The zero-order chi connectivity index (χ0) is 27.5. The third kappa shape index (κ3) is 5.52. The summed E-state index contributed by atoms with van der Waals surface area (Å²) < 4.78 is 5.24. The van der Waals surface area contributed by atoms with E-state index in [1.165, 1.54) is 11.8 Å². The summed E-state index contributed by atoms with van der Waals surface area (Å²) in [5, 5.41) is 3.79. The van der Waals surface area contributed by atoms with Crippen LogP contribution in [-0.4, -0.2) is 66.6 Å². The molecule has 1 aromatic carbocycles. The third-order valence-electron chi connectivity index (χ3n) is 7.50. The number of esters is 1. The Kier molecular flexibility index (Phi) is 7.65. The maximum atomic E-state index is 12.6. The van der Waals surface area contributed by atoms with Gasteiger partial charge in [0.1, 0.15) is 5.65 Å². The molecular weight excluding hydrogens is 490 g/mol. The number of aromatic amines is 1. The van der Waals surface area contributed by atoms with Crippen LogP contribution in [0.5, 0.6) is 0 Å². The Morgan fingerprint density at radius 1 is 1.15 bits per heavy atom. The molecule has 3 heterocycles. The second-order valence-electron chi connectivity index (χ2n) is 10.1. The van der Waals surface area contributed by atoms with E-state index in [0.29, 0.717) is 17.8 Å². The lowest BCUT2D eigenvalue weighted by atomic mass is 9.89. The van der Waals surface area contributed by atoms with Gasteiger partial charge in [0.25, 0.3) is 0 Å². The van der Waals surface area contributed by atoms with Crippen LogP contribution >= 0.6 is 0 Å². The van der Waals surface area contributed by atoms with Crippen LogP contribution < -0.4 is 10.2 Å². The number of nitrogens with one attached hydrogen (secondary N) is 2. The van der Waals surface area contributed by atoms with E-state index in [0.717, 1.165) is 78.1 Å². The van der Waals surface area contributed by atoms with Crippen molar-refractivity contribution in [3.05, 3.63) is 77.7 Å². The fourth-order valence-corrected chi connectivity index (χ4v) is 5.20. The molecule has 2 aliphatic rings. The van der Waals surface area contributed by atoms with Gasteiger partial charge in [-0.25, -0.2) is 9.78 Å². The monoisotopic (exact) mass is 525 g/mol. The van der Waals surface area contributed by atoms with Crippen LogP contribution in [0.4, 0.5) is 5.69 Å². The first-order valence-electron chi connectivity index (χ1n) is 13.4. The number of nitrogens with zero attached hydrogens (tertiary/aromatic N) is 3. The van der Waals surface area contributed by atoms with E-state index < -0.39 is 5.97 Å². The molecule has 202 valence electrons. The van der Waals surface area contributed by atoms with Gasteiger partial charge < -0.3 is 24.8 Å². The van der Waals surface area contributed by atoms with Crippen molar-refractivity contribution in [2.24, 2.45) is 0 Å². The summed E-state index contributed by atoms with van der Waals surface area (Å²) in [4.78, 5) is 37.5. The molecule has 1 fully saturated rings. The molecule has 0 atom stereocenters. The molecule has 2 aromatic heterocycles. The number of H-pyrrole nitrogens is 1. The Hall–Kier alpha value is -4.17. The first kappa shape index (κ1) is 26.4. The second kappa shape index (κ2) is 11.3. The van der Waals surface area contributed by atoms with Crippen LogP contribution in [0.15, 0.2) is 66.5 Å². The van der Waals surface area contributed by atoms with E-state index in [1.807, 2.05) is 19.1 Å². The minimum absolute atomic E-state index is 0.244. The van der Waals surface area contributed by atoms with Crippen LogP contribution in [0, 0.1) is 0 Å². The molecule has 5 rings (SSSR count). The number of hydrogen-bond acceptors (Lipinski definition) is 6. The van der Waals surface area contributed by atoms with Gasteiger partial charge in [0, 0.05) is 54.7 Å². The lowest BCUT2D eigenvalue weighted by molar-refractivity contribution is -0.115. The number of aromatic nitrogens is 2. The standard InChI is InChI=1S/C31H35N5O3/c1-5-27(37)33-26-18-22(8-7-20(26)3)28-25-17-23(31(38)39-6-2)19-32-30(25)34-29(28)21-9-11-24(12-10-21)36-15-13-35(4)14-16-36/h5,9-12,17-19H,1,6-8,13-16H2,2-4H3,(H,32,34)(H,33,37). The third-order valence-corrected chi connectivity index (χ3v) is 7.50. The van der Waals surface area contributed by atoms with E-state index in [4.69, 9.17) is 4.74 Å². The van der Waals surface area contributed by atoms with Crippen LogP contribution in [0.1, 0.15) is 42.6 Å². The van der Waals surface area contributed by atoms with Gasteiger partial charge in [-0.2, -0.15) is 0 Å². The topological polar surface area (TPSA) is 90.6 Å². The van der Waals surface area contributed by atoms with Crippen molar-refractivity contribution in [1.29, 1.82) is 0 Å². The number of piperazine rings is 1. The highest BCUT2D eigenvalue weighted by molar-refractivity contribution is 6.02. The largest absolute Gasteiger partial charge is 0.462 e. The number of carbonyl (C=O) groups is 2. The van der Waals surface area contributed by atoms with Crippen LogP contribution in [-0.2, 0) is 9.53 Å². The Morgan fingerprint density at radius 2 is 1.90 bits per heavy atom. The van der Waals surface area contributed by atoms with Crippen molar-refractivity contribution >= 4 is 34.2 Å². The number of rotatable bonds is 7. The summed E-state index contributed by atoms with van der Waals surface area (Å²) >= 11 is 0. The number of benzene rings is 1. The van der Waals surface area contributed by atoms with Gasteiger partial charge in [0.15, 0.2) is 0 Å². The van der Waals surface area contributed by atoms with Crippen molar-refractivity contribution in [2.75, 3.05) is 44.7 Å². The van der Waals surface area contributed by atoms with Gasteiger partial charge >= 0.3 is 5.97 Å². The molecular formula is C31H35N5O3. The van der Waals surface area contributed by atoms with E-state index in [1.54, 1.807) is 13.1 Å². The lowest BCUT2D eigenvalue weighted by Crippen LogP contribution is -2.44. The molecule has 8 heteroatoms. The highest BCUT2D eigenvalue weighted by atomic mass is 16.5. The summed E-state index contributed by atoms with van der Waals surface area (Å²) in [6.45, 7) is 11.8. The fourth-order valence-electron chi connectivity index (χ4n) is 5.20. The molecule has 0 radical (unpaired) electrons. The summed E-state index contributed by atoms with van der Waals surface area (Å²) in [7, 11) is 2.16. The van der Waals surface area contributed by atoms with Gasteiger partial charge in [0.2, 0.25) is 5.91 Å². The van der Waals surface area contributed by atoms with Crippen molar-refractivity contribution in [3.8, 4) is 11.3 Å². The van der Waals surface area contributed by atoms with Gasteiger partial charge in [-0.3, -0.25) is 4.79 Å². The molecule has 0 bridgehead atoms. The maximum absolute atomic E-state index is 12.6. The molecule has 1 aliphatic heterocycles. The van der Waals surface area contributed by atoms with Gasteiger partial charge in [-0.05, 0) is 80.8 Å². The zero-order valence-electron chi connectivity index (χ0n) is 22.8. The molecule has 1 saturated heterocycles. The molecule has 0 saturated carbocycles. The Bertz CT molecular complexity index is 1470. The fraction of sp³-hybridized carbons (Fsp3) is 0.323. The van der Waals surface area contributed by atoms with Gasteiger partial charge in [-0.15, -0.1) is 0 Å². The molecule has 1 amide bonds. The van der Waals surface area contributed by atoms with Gasteiger partial charge in [0.05, 0.1) is 17.9 Å². The first-order valence-corrected chi connectivity index (χ1v) is 13.4. The normalized spacial score (nSPS) is 16.3. The number of fused-ring (bicyclic) bond motifs is 1. The minimum atomic E-state index is -0.399. The average Bonchev–Trinajstić information content (AvgIpc) is 3.33. The number of ether oxygens (including phenoxy) is 1. The highest BCUT2D eigenvalue weighted by Crippen LogP contribution is 2.40. The molecule has 0 spiro atoms. The Morgan fingerprint density at radius 3 is 2.59 bits per heavy atom. The smallest absolute Gasteiger partial charge is 0.339 e. The Balaban J connectivity index is 1.60. The van der Waals surface area contributed by atoms with Crippen molar-refractivity contribution in [3.63, 3.8) is 0 Å². The molecule has 8 nitrogen and oxygen atoms in total. The highest BCUT2D eigenvalue weighted by Gasteiger charge is 2.23. The molecule has 39 heavy (non-hydrogen) atoms. The van der Waals surface area contributed by atoms with E-state index >= 15 is 0 Å². The van der Waals surface area contributed by atoms with E-state index in [-0.39, 0.29) is 5.91 Å². The number of allylic oxidation sites excluding steroid dienone is 3. The number of amides is 1. The number of likely N-dealkylation sites (N-methyl/N-ethyl adjacent to an activating group) is 1. The summed E-state index contributed by atoms with van der Waals surface area (Å²) in [6.07, 6.45) is 6.45. The number of carbonyl (C=O) groups excluding carboxylic acids is 2. The van der Waals surface area contributed by atoms with Crippen LogP contribution in [0.25, 0.3) is 27.9 Å². The number of pyridine rings is 1. The van der Waals surface area contributed by atoms with Crippen LogP contribution in [0.2, 0.25) is 0 Å². The SMILES string of the molecule is C=CC(=O)NC1=C(C)CCC(c2c(-c3ccc(N4CCN(C)CC4)cc3)[nH]c3ncc(C(=O)OCC)cc23)=C1. The van der Waals surface area contributed by atoms with E-state index in [2.05, 4.69) is 63.0 Å². The van der Waals surface area contributed by atoms with Crippen molar-refractivity contribution in [2.45, 2.75) is 26.7 Å². The summed E-state index contributed by atoms with van der Waals surface area (Å²) in [5.74, 6) is -0.642. The molecule has 1 aliphatic carbocycles. The predicted octanol–water partition coefficient (Wildman–Crippen LogP) is 4.91. The minimum Gasteiger partial charge on any atom is -0.462 e. The molecule has 3 aromatic rings. The van der Waals surface area contributed by atoms with Crippen molar-refractivity contribution in [1.82, 2.24) is 20.2 Å². The predicted molar refractivity (Wildman–Crippen MR) is 155 cm³/mol. The van der Waals surface area contributed by atoms with Gasteiger partial charge in [-0.1, -0.05) is 18.7 Å². The van der Waals surface area contributed by atoms with E-state index in [9.17, 15) is 9.59 Å². The number of anilines is 1.